The van der Waals surface area contributed by atoms with E-state index >= 15 is 0 Å². The Hall–Kier alpha value is -1.67. The first-order valence-corrected chi connectivity index (χ1v) is 6.35. The van der Waals surface area contributed by atoms with Gasteiger partial charge >= 0.3 is 0 Å². The van der Waals surface area contributed by atoms with Gasteiger partial charge in [-0.15, -0.1) is 0 Å². The third-order valence-corrected chi connectivity index (χ3v) is 3.95. The van der Waals surface area contributed by atoms with Crippen molar-refractivity contribution in [2.75, 3.05) is 0 Å². The van der Waals surface area contributed by atoms with E-state index in [4.69, 9.17) is 0 Å². The van der Waals surface area contributed by atoms with Gasteiger partial charge in [0.15, 0.2) is 0 Å². The van der Waals surface area contributed by atoms with E-state index in [1.807, 2.05) is 13.0 Å². The standard InChI is InChI=1S/C16H17NO/c1-11-3-4-13-5-7-16(18,14(13)9-11)15-10-17-8-6-12(15)2/h3-4,6,8-10,18H,5,7H2,1-2H3. The third-order valence-electron chi connectivity index (χ3n) is 3.95. The molecule has 2 heteroatoms. The van der Waals surface area contributed by atoms with Crippen molar-refractivity contribution in [3.63, 3.8) is 0 Å². The average molecular weight is 239 g/mol. The second-order valence-electron chi connectivity index (χ2n) is 5.21. The van der Waals surface area contributed by atoms with E-state index in [0.29, 0.717) is 0 Å². The van der Waals surface area contributed by atoms with Crippen LogP contribution in [-0.4, -0.2) is 10.1 Å². The van der Waals surface area contributed by atoms with Crippen LogP contribution in [0.15, 0.2) is 36.7 Å². The summed E-state index contributed by atoms with van der Waals surface area (Å²) in [7, 11) is 0. The van der Waals surface area contributed by atoms with Crippen LogP contribution in [0.25, 0.3) is 0 Å². The van der Waals surface area contributed by atoms with Crippen molar-refractivity contribution < 1.29 is 5.11 Å². The van der Waals surface area contributed by atoms with Gasteiger partial charge in [-0.2, -0.15) is 0 Å². The first-order valence-electron chi connectivity index (χ1n) is 6.35. The van der Waals surface area contributed by atoms with E-state index in [1.54, 1.807) is 12.4 Å². The van der Waals surface area contributed by atoms with Crippen molar-refractivity contribution in [1.29, 1.82) is 0 Å². The van der Waals surface area contributed by atoms with Crippen LogP contribution < -0.4 is 0 Å². The minimum absolute atomic E-state index is 0.748. The first-order chi connectivity index (χ1) is 8.61. The highest BCUT2D eigenvalue weighted by Gasteiger charge is 2.39. The number of nitrogens with zero attached hydrogens (tertiary/aromatic N) is 1. The van der Waals surface area contributed by atoms with Gasteiger partial charge in [0.2, 0.25) is 0 Å². The van der Waals surface area contributed by atoms with Crippen molar-refractivity contribution in [2.24, 2.45) is 0 Å². The monoisotopic (exact) mass is 239 g/mol. The fourth-order valence-electron chi connectivity index (χ4n) is 2.92. The second kappa shape index (κ2) is 3.92. The van der Waals surface area contributed by atoms with Gasteiger partial charge in [-0.05, 0) is 49.4 Å². The van der Waals surface area contributed by atoms with E-state index in [1.165, 1.54) is 11.1 Å². The van der Waals surface area contributed by atoms with Gasteiger partial charge in [-0.25, -0.2) is 0 Å². The summed E-state index contributed by atoms with van der Waals surface area (Å²) in [5, 5.41) is 11.1. The predicted octanol–water partition coefficient (Wildman–Crippen LogP) is 2.88. The summed E-state index contributed by atoms with van der Waals surface area (Å²) >= 11 is 0. The molecule has 1 aliphatic rings. The number of aliphatic hydroxyl groups is 1. The molecule has 18 heavy (non-hydrogen) atoms. The van der Waals surface area contributed by atoms with Gasteiger partial charge in [0.05, 0.1) is 0 Å². The molecule has 0 saturated heterocycles. The van der Waals surface area contributed by atoms with Gasteiger partial charge in [-0.3, -0.25) is 4.98 Å². The zero-order chi connectivity index (χ0) is 12.8. The maximum absolute atomic E-state index is 11.1. The number of fused-ring (bicyclic) bond motifs is 1. The quantitative estimate of drug-likeness (QED) is 0.830. The number of pyridine rings is 1. The zero-order valence-electron chi connectivity index (χ0n) is 10.8. The van der Waals surface area contributed by atoms with E-state index in [9.17, 15) is 5.11 Å². The van der Waals surface area contributed by atoms with Crippen LogP contribution in [0.3, 0.4) is 0 Å². The molecule has 2 nitrogen and oxygen atoms in total. The zero-order valence-corrected chi connectivity index (χ0v) is 10.8. The molecule has 2 aromatic rings. The Labute approximate surface area is 107 Å². The Kier molecular flexibility index (Phi) is 2.49. The molecule has 0 bridgehead atoms. The Morgan fingerprint density at radius 3 is 2.78 bits per heavy atom. The number of hydrogen-bond acceptors (Lipinski definition) is 2. The van der Waals surface area contributed by atoms with Gasteiger partial charge in [-0.1, -0.05) is 23.8 Å². The molecule has 0 radical (unpaired) electrons. The summed E-state index contributed by atoms with van der Waals surface area (Å²) in [5.74, 6) is 0. The van der Waals surface area contributed by atoms with Crippen molar-refractivity contribution in [3.05, 3.63) is 64.5 Å². The summed E-state index contributed by atoms with van der Waals surface area (Å²) in [5.41, 5.74) is 4.68. The van der Waals surface area contributed by atoms with Crippen LogP contribution in [0, 0.1) is 13.8 Å². The van der Waals surface area contributed by atoms with Crippen molar-refractivity contribution >= 4 is 0 Å². The normalized spacial score (nSPS) is 21.9. The molecule has 1 aliphatic carbocycles. The summed E-state index contributed by atoms with van der Waals surface area (Å²) in [6, 6.07) is 8.31. The Morgan fingerprint density at radius 1 is 1.17 bits per heavy atom. The Morgan fingerprint density at radius 2 is 2.00 bits per heavy atom. The molecule has 0 saturated carbocycles. The lowest BCUT2D eigenvalue weighted by Gasteiger charge is -2.26. The smallest absolute Gasteiger partial charge is 0.117 e. The van der Waals surface area contributed by atoms with E-state index in [-0.39, 0.29) is 0 Å². The molecule has 0 amide bonds. The highest BCUT2D eigenvalue weighted by molar-refractivity contribution is 5.48. The van der Waals surface area contributed by atoms with Crippen molar-refractivity contribution in [3.8, 4) is 0 Å². The van der Waals surface area contributed by atoms with Gasteiger partial charge < -0.3 is 5.11 Å². The molecule has 0 spiro atoms. The van der Waals surface area contributed by atoms with E-state index in [2.05, 4.69) is 30.1 Å². The van der Waals surface area contributed by atoms with Crippen LogP contribution in [0.2, 0.25) is 0 Å². The number of rotatable bonds is 1. The van der Waals surface area contributed by atoms with Crippen molar-refractivity contribution in [2.45, 2.75) is 32.3 Å². The molecular weight excluding hydrogens is 222 g/mol. The number of aromatic nitrogens is 1. The number of hydrogen-bond donors (Lipinski definition) is 1. The molecular formula is C16H17NO. The molecule has 1 atom stereocenters. The van der Waals surface area contributed by atoms with Crippen LogP contribution in [0.5, 0.6) is 0 Å². The lowest BCUT2D eigenvalue weighted by Crippen LogP contribution is -2.25. The van der Waals surface area contributed by atoms with Crippen LogP contribution in [0.1, 0.15) is 34.2 Å². The molecule has 0 aliphatic heterocycles. The predicted molar refractivity (Wildman–Crippen MR) is 71.5 cm³/mol. The SMILES string of the molecule is Cc1ccc2c(c1)C(O)(c1cnccc1C)CC2. The highest BCUT2D eigenvalue weighted by atomic mass is 16.3. The molecule has 1 unspecified atom stereocenters. The maximum Gasteiger partial charge on any atom is 0.117 e. The topological polar surface area (TPSA) is 33.1 Å². The van der Waals surface area contributed by atoms with Crippen LogP contribution in [0.4, 0.5) is 0 Å². The molecule has 1 heterocycles. The molecule has 3 rings (SSSR count). The van der Waals surface area contributed by atoms with Crippen LogP contribution in [-0.2, 0) is 12.0 Å². The highest BCUT2D eigenvalue weighted by Crippen LogP contribution is 2.43. The fourth-order valence-corrected chi connectivity index (χ4v) is 2.92. The van der Waals surface area contributed by atoms with E-state index < -0.39 is 5.60 Å². The minimum Gasteiger partial charge on any atom is -0.380 e. The lowest BCUT2D eigenvalue weighted by atomic mass is 9.86. The van der Waals surface area contributed by atoms with Crippen molar-refractivity contribution in [1.82, 2.24) is 4.98 Å². The summed E-state index contributed by atoms with van der Waals surface area (Å²) in [6.07, 6.45) is 5.25. The van der Waals surface area contributed by atoms with Gasteiger partial charge in [0, 0.05) is 18.0 Å². The summed E-state index contributed by atoms with van der Waals surface area (Å²) in [6.45, 7) is 4.10. The van der Waals surface area contributed by atoms with Gasteiger partial charge in [0.25, 0.3) is 0 Å². The Bertz CT molecular complexity index is 606. The largest absolute Gasteiger partial charge is 0.380 e. The molecule has 1 N–H and O–H groups in total. The number of aryl methyl sites for hydroxylation is 3. The molecule has 92 valence electrons. The molecule has 1 aromatic carbocycles. The van der Waals surface area contributed by atoms with E-state index in [0.717, 1.165) is 29.5 Å². The first kappa shape index (κ1) is 11.4. The van der Waals surface area contributed by atoms with Gasteiger partial charge in [0.1, 0.15) is 5.60 Å². The summed E-state index contributed by atoms with van der Waals surface area (Å²) in [4.78, 5) is 4.17. The fraction of sp³-hybridized carbons (Fsp3) is 0.312. The maximum atomic E-state index is 11.1. The third kappa shape index (κ3) is 1.57. The van der Waals surface area contributed by atoms with Crippen LogP contribution >= 0.6 is 0 Å². The number of benzene rings is 1. The Balaban J connectivity index is 2.20. The molecule has 0 fully saturated rings. The molecule has 1 aromatic heterocycles. The lowest BCUT2D eigenvalue weighted by molar-refractivity contribution is 0.0818. The summed E-state index contributed by atoms with van der Waals surface area (Å²) < 4.78 is 0. The minimum atomic E-state index is -0.861. The average Bonchev–Trinajstić information content (AvgIpc) is 2.69. The second-order valence-corrected chi connectivity index (χ2v) is 5.21.